The highest BCUT2D eigenvalue weighted by Gasteiger charge is 2.14. The Balaban J connectivity index is 3.12. The average molecular weight is 290 g/mol. The van der Waals surface area contributed by atoms with Gasteiger partial charge in [-0.1, -0.05) is 25.6 Å². The highest BCUT2D eigenvalue weighted by molar-refractivity contribution is 6.83. The zero-order valence-electron chi connectivity index (χ0n) is 12.9. The molecule has 4 heteroatoms. The number of esters is 1. The van der Waals surface area contributed by atoms with Crippen molar-refractivity contribution in [3.8, 4) is 17.2 Å². The maximum absolute atomic E-state index is 11.8. The predicted molar refractivity (Wildman–Crippen MR) is 83.8 cm³/mol. The molecular formula is C16H22O3Si. The van der Waals surface area contributed by atoms with Crippen molar-refractivity contribution >= 4 is 14.0 Å². The molecule has 0 atom stereocenters. The molecule has 0 heterocycles. The lowest BCUT2D eigenvalue weighted by molar-refractivity contribution is 0.0522. The van der Waals surface area contributed by atoms with Gasteiger partial charge in [0.15, 0.2) is 0 Å². The Bertz CT molecular complexity index is 533. The van der Waals surface area contributed by atoms with Crippen LogP contribution in [-0.4, -0.2) is 27.3 Å². The van der Waals surface area contributed by atoms with Crippen LogP contribution in [0.4, 0.5) is 0 Å². The maximum atomic E-state index is 11.8. The van der Waals surface area contributed by atoms with Gasteiger partial charge in [-0.15, -0.1) is 5.54 Å². The largest absolute Gasteiger partial charge is 0.493 e. The lowest BCUT2D eigenvalue weighted by Crippen LogP contribution is -2.16. The van der Waals surface area contributed by atoms with Crippen molar-refractivity contribution in [2.24, 2.45) is 0 Å². The molecule has 1 aromatic rings. The van der Waals surface area contributed by atoms with E-state index in [1.165, 1.54) is 0 Å². The topological polar surface area (TPSA) is 35.5 Å². The zero-order chi connectivity index (χ0) is 15.2. The molecule has 0 bridgehead atoms. The number of benzene rings is 1. The van der Waals surface area contributed by atoms with Gasteiger partial charge in [0, 0.05) is 5.56 Å². The number of carbonyl (C=O) groups is 1. The fourth-order valence-electron chi connectivity index (χ4n) is 1.51. The van der Waals surface area contributed by atoms with Crippen LogP contribution in [0.5, 0.6) is 5.75 Å². The summed E-state index contributed by atoms with van der Waals surface area (Å²) in [6.07, 6.45) is 0. The van der Waals surface area contributed by atoms with E-state index in [1.54, 1.807) is 13.0 Å². The van der Waals surface area contributed by atoms with Crippen LogP contribution in [0.1, 0.15) is 29.8 Å². The van der Waals surface area contributed by atoms with E-state index in [0.29, 0.717) is 24.5 Å². The minimum absolute atomic E-state index is 0.349. The molecule has 0 aliphatic carbocycles. The van der Waals surface area contributed by atoms with Crippen LogP contribution in [-0.2, 0) is 4.74 Å². The van der Waals surface area contributed by atoms with E-state index in [9.17, 15) is 4.79 Å². The summed E-state index contributed by atoms with van der Waals surface area (Å²) in [6, 6.07) is 5.36. The summed E-state index contributed by atoms with van der Waals surface area (Å²) < 4.78 is 10.5. The van der Waals surface area contributed by atoms with Gasteiger partial charge in [-0.25, -0.2) is 4.79 Å². The van der Waals surface area contributed by atoms with Crippen LogP contribution in [0.15, 0.2) is 18.2 Å². The van der Waals surface area contributed by atoms with Crippen LogP contribution in [0.25, 0.3) is 0 Å². The molecule has 1 aromatic carbocycles. The number of ether oxygens (including phenoxy) is 2. The Hall–Kier alpha value is -1.73. The Morgan fingerprint density at radius 2 is 1.90 bits per heavy atom. The van der Waals surface area contributed by atoms with E-state index >= 15 is 0 Å². The molecule has 20 heavy (non-hydrogen) atoms. The van der Waals surface area contributed by atoms with Crippen LogP contribution in [0, 0.1) is 11.5 Å². The molecule has 3 nitrogen and oxygen atoms in total. The molecule has 108 valence electrons. The van der Waals surface area contributed by atoms with Gasteiger partial charge in [0.25, 0.3) is 0 Å². The first-order valence-corrected chi connectivity index (χ1v) is 10.3. The standard InChI is InChI=1S/C16H22O3Si/c1-6-18-15-12-13(10-11-20(3,4)5)8-9-14(15)16(17)19-7-2/h8-9,12H,6-7H2,1-5H3. The molecule has 0 spiro atoms. The van der Waals surface area contributed by atoms with Gasteiger partial charge in [0.2, 0.25) is 0 Å². The maximum Gasteiger partial charge on any atom is 0.341 e. The first-order valence-electron chi connectivity index (χ1n) is 6.84. The predicted octanol–water partition coefficient (Wildman–Crippen LogP) is 3.49. The van der Waals surface area contributed by atoms with Crippen LogP contribution in [0.3, 0.4) is 0 Å². The summed E-state index contributed by atoms with van der Waals surface area (Å²) in [7, 11) is -1.42. The van der Waals surface area contributed by atoms with Gasteiger partial charge in [-0.3, -0.25) is 0 Å². The van der Waals surface area contributed by atoms with Crippen molar-refractivity contribution in [2.75, 3.05) is 13.2 Å². The van der Waals surface area contributed by atoms with Gasteiger partial charge in [-0.05, 0) is 32.0 Å². The summed E-state index contributed by atoms with van der Waals surface area (Å²) in [4.78, 5) is 11.8. The molecule has 0 aliphatic rings. The van der Waals surface area contributed by atoms with Gasteiger partial charge >= 0.3 is 5.97 Å². The van der Waals surface area contributed by atoms with E-state index in [0.717, 1.165) is 5.56 Å². The zero-order valence-corrected chi connectivity index (χ0v) is 13.9. The molecule has 0 saturated carbocycles. The summed E-state index contributed by atoms with van der Waals surface area (Å²) in [5, 5.41) is 0. The van der Waals surface area contributed by atoms with Crippen molar-refractivity contribution in [1.82, 2.24) is 0 Å². The van der Waals surface area contributed by atoms with Crippen LogP contribution >= 0.6 is 0 Å². The molecule has 0 saturated heterocycles. The first kappa shape index (κ1) is 16.3. The van der Waals surface area contributed by atoms with E-state index in [1.807, 2.05) is 19.1 Å². The van der Waals surface area contributed by atoms with Crippen molar-refractivity contribution in [2.45, 2.75) is 33.5 Å². The van der Waals surface area contributed by atoms with Gasteiger partial charge < -0.3 is 9.47 Å². The second-order valence-corrected chi connectivity index (χ2v) is 10.1. The molecule has 0 aromatic heterocycles. The minimum atomic E-state index is -1.42. The lowest BCUT2D eigenvalue weighted by atomic mass is 10.1. The normalized spacial score (nSPS) is 10.4. The summed E-state index contributed by atoms with van der Waals surface area (Å²) in [6.45, 7) is 11.1. The van der Waals surface area contributed by atoms with Crippen molar-refractivity contribution in [3.05, 3.63) is 29.3 Å². The van der Waals surface area contributed by atoms with E-state index in [-0.39, 0.29) is 5.97 Å². The lowest BCUT2D eigenvalue weighted by Gasteiger charge is -2.10. The van der Waals surface area contributed by atoms with E-state index in [2.05, 4.69) is 31.1 Å². The molecule has 0 aliphatic heterocycles. The fourth-order valence-corrected chi connectivity index (χ4v) is 2.03. The third kappa shape index (κ3) is 5.10. The Morgan fingerprint density at radius 1 is 1.20 bits per heavy atom. The number of hydrogen-bond donors (Lipinski definition) is 0. The van der Waals surface area contributed by atoms with Crippen LogP contribution < -0.4 is 4.74 Å². The van der Waals surface area contributed by atoms with Gasteiger partial charge in [-0.2, -0.15) is 0 Å². The number of carbonyl (C=O) groups excluding carboxylic acids is 1. The van der Waals surface area contributed by atoms with Gasteiger partial charge in [0.05, 0.1) is 13.2 Å². The summed E-state index contributed by atoms with van der Waals surface area (Å²) in [5.41, 5.74) is 4.61. The summed E-state index contributed by atoms with van der Waals surface area (Å²) in [5.74, 6) is 3.34. The molecule has 0 N–H and O–H groups in total. The Labute approximate surface area is 122 Å². The highest BCUT2D eigenvalue weighted by Crippen LogP contribution is 2.21. The first-order chi connectivity index (χ1) is 9.37. The Morgan fingerprint density at radius 3 is 2.45 bits per heavy atom. The smallest absolute Gasteiger partial charge is 0.341 e. The van der Waals surface area contributed by atoms with Crippen molar-refractivity contribution in [1.29, 1.82) is 0 Å². The molecule has 0 amide bonds. The fraction of sp³-hybridized carbons (Fsp3) is 0.438. The van der Waals surface area contributed by atoms with Crippen LogP contribution in [0.2, 0.25) is 19.6 Å². The second kappa shape index (κ2) is 7.16. The third-order valence-corrected chi connectivity index (χ3v) is 3.23. The van der Waals surface area contributed by atoms with Crippen molar-refractivity contribution in [3.63, 3.8) is 0 Å². The minimum Gasteiger partial charge on any atom is -0.493 e. The summed E-state index contributed by atoms with van der Waals surface area (Å²) >= 11 is 0. The molecule has 0 fully saturated rings. The van der Waals surface area contributed by atoms with E-state index in [4.69, 9.17) is 9.47 Å². The molecule has 0 radical (unpaired) electrons. The third-order valence-electron chi connectivity index (χ3n) is 2.36. The quantitative estimate of drug-likeness (QED) is 0.484. The molecule has 0 unspecified atom stereocenters. The monoisotopic (exact) mass is 290 g/mol. The SMILES string of the molecule is CCOC(=O)c1ccc(C#C[Si](C)(C)C)cc1OCC. The highest BCUT2D eigenvalue weighted by atomic mass is 28.3. The Kier molecular flexibility index (Phi) is 5.84. The average Bonchev–Trinajstić information content (AvgIpc) is 2.36. The van der Waals surface area contributed by atoms with E-state index < -0.39 is 8.07 Å². The number of hydrogen-bond acceptors (Lipinski definition) is 3. The molecular weight excluding hydrogens is 268 g/mol. The molecule has 1 rings (SSSR count). The van der Waals surface area contributed by atoms with Gasteiger partial charge in [0.1, 0.15) is 19.4 Å². The van der Waals surface area contributed by atoms with Crippen molar-refractivity contribution < 1.29 is 14.3 Å². The number of rotatable bonds is 4. The second-order valence-electron chi connectivity index (χ2n) is 5.36.